The molecule has 0 saturated heterocycles. The predicted octanol–water partition coefficient (Wildman–Crippen LogP) is 4.95. The number of pyridine rings is 2. The van der Waals surface area contributed by atoms with Gasteiger partial charge in [0.2, 0.25) is 0 Å². The van der Waals surface area contributed by atoms with Crippen molar-refractivity contribution in [1.82, 2.24) is 9.97 Å². The molecule has 13 nitrogen and oxygen atoms in total. The van der Waals surface area contributed by atoms with Gasteiger partial charge in [-0.3, -0.25) is 9.97 Å². The standard InChI is InChI=1S/C17H19NO6.C15H13NO5/c1-5-23-14-10-8-7-9-18-13(10)15(24-6-2)12(17(20)22-4)11(14)16(19)21-3;1-3-19-12-8-6-5-7-16-11(8)13(20-4-2)10-9(12)14(17)21-15(10)18/h7-9H,5-6H2,1-4H3;5-7H,3-4H2,1-2H3. The van der Waals surface area contributed by atoms with Crippen molar-refractivity contribution in [3.05, 3.63) is 58.9 Å². The third kappa shape index (κ3) is 6.01. The zero-order chi connectivity index (χ0) is 32.7. The average Bonchev–Trinajstić information content (AvgIpc) is 3.36. The van der Waals surface area contributed by atoms with Gasteiger partial charge in [0, 0.05) is 23.2 Å². The van der Waals surface area contributed by atoms with Crippen molar-refractivity contribution in [3.63, 3.8) is 0 Å². The number of fused-ring (bicyclic) bond motifs is 3. The second kappa shape index (κ2) is 14.3. The van der Waals surface area contributed by atoms with Crippen LogP contribution in [-0.4, -0.2) is 74.5 Å². The summed E-state index contributed by atoms with van der Waals surface area (Å²) in [5, 5.41) is 1.17. The topological polar surface area (TPSA) is 159 Å². The highest BCUT2D eigenvalue weighted by Crippen LogP contribution is 2.44. The van der Waals surface area contributed by atoms with Crippen LogP contribution in [0.3, 0.4) is 0 Å². The molecule has 0 radical (unpaired) electrons. The molecule has 2 aromatic carbocycles. The lowest BCUT2D eigenvalue weighted by Gasteiger charge is -2.19. The van der Waals surface area contributed by atoms with E-state index >= 15 is 0 Å². The van der Waals surface area contributed by atoms with Crippen molar-refractivity contribution >= 4 is 45.7 Å². The zero-order valence-electron chi connectivity index (χ0n) is 25.7. The molecular formula is C32H32N2O11. The molecule has 0 fully saturated rings. The van der Waals surface area contributed by atoms with Gasteiger partial charge >= 0.3 is 23.9 Å². The highest BCUT2D eigenvalue weighted by Gasteiger charge is 2.39. The summed E-state index contributed by atoms with van der Waals surface area (Å²) in [6.45, 7) is 8.40. The molecule has 13 heteroatoms. The second-order valence-electron chi connectivity index (χ2n) is 9.01. The summed E-state index contributed by atoms with van der Waals surface area (Å²) in [5.74, 6) is -1.92. The summed E-state index contributed by atoms with van der Waals surface area (Å²) in [4.78, 5) is 57.2. The second-order valence-corrected chi connectivity index (χ2v) is 9.01. The number of hydrogen-bond donors (Lipinski definition) is 0. The molecule has 4 aromatic rings. The van der Waals surface area contributed by atoms with Gasteiger partial charge in [0.1, 0.15) is 44.8 Å². The Hall–Kier alpha value is -5.46. The van der Waals surface area contributed by atoms with Crippen LogP contribution < -0.4 is 18.9 Å². The highest BCUT2D eigenvalue weighted by atomic mass is 16.6. The molecule has 0 amide bonds. The molecule has 1 aliphatic rings. The molecule has 5 rings (SSSR count). The SMILES string of the molecule is CCOc1c(C(=O)OC)c(C(=O)OC)c(OCC)c2ncccc12.CCOc1c2c(c(OCC)c3ncccc13)C(=O)OC2=O. The fraction of sp³-hybridized carbons (Fsp3) is 0.312. The number of esters is 4. The van der Waals surface area contributed by atoms with E-state index in [1.807, 2.05) is 0 Å². The van der Waals surface area contributed by atoms with Gasteiger partial charge < -0.3 is 33.2 Å². The van der Waals surface area contributed by atoms with E-state index in [1.54, 1.807) is 64.4 Å². The largest absolute Gasteiger partial charge is 0.492 e. The number of carbonyl (C=O) groups excluding carboxylic acids is 4. The van der Waals surface area contributed by atoms with Crippen LogP contribution in [0.25, 0.3) is 21.8 Å². The van der Waals surface area contributed by atoms with Crippen LogP contribution in [0.4, 0.5) is 0 Å². The number of benzene rings is 2. The first-order valence-electron chi connectivity index (χ1n) is 14.1. The summed E-state index contributed by atoms with van der Waals surface area (Å²) in [5.41, 5.74) is 1.02. The molecule has 0 spiro atoms. The highest BCUT2D eigenvalue weighted by molar-refractivity contribution is 6.21. The smallest absolute Gasteiger partial charge is 0.350 e. The van der Waals surface area contributed by atoms with E-state index in [9.17, 15) is 19.2 Å². The van der Waals surface area contributed by atoms with Crippen LogP contribution in [-0.2, 0) is 14.2 Å². The number of ether oxygens (including phenoxy) is 7. The van der Waals surface area contributed by atoms with Crippen LogP contribution in [0.2, 0.25) is 0 Å². The van der Waals surface area contributed by atoms with E-state index in [0.29, 0.717) is 47.4 Å². The fourth-order valence-corrected chi connectivity index (χ4v) is 4.83. The molecule has 0 atom stereocenters. The summed E-state index contributed by atoms with van der Waals surface area (Å²) >= 11 is 0. The number of carbonyl (C=O) groups is 4. The van der Waals surface area contributed by atoms with E-state index in [0.717, 1.165) is 0 Å². The fourth-order valence-electron chi connectivity index (χ4n) is 4.83. The van der Waals surface area contributed by atoms with E-state index in [-0.39, 0.29) is 46.1 Å². The first-order valence-corrected chi connectivity index (χ1v) is 14.1. The Kier molecular flexibility index (Phi) is 10.3. The lowest BCUT2D eigenvalue weighted by molar-refractivity contribution is 0.0440. The molecular weight excluding hydrogens is 588 g/mol. The van der Waals surface area contributed by atoms with Gasteiger partial charge in [-0.2, -0.15) is 0 Å². The molecule has 0 saturated carbocycles. The van der Waals surface area contributed by atoms with Crippen LogP contribution in [0, 0.1) is 0 Å². The Morgan fingerprint density at radius 3 is 1.53 bits per heavy atom. The minimum atomic E-state index is -0.730. The first kappa shape index (κ1) is 32.5. The van der Waals surface area contributed by atoms with Crippen molar-refractivity contribution in [3.8, 4) is 23.0 Å². The summed E-state index contributed by atoms with van der Waals surface area (Å²) in [7, 11) is 2.45. The molecule has 0 N–H and O–H groups in total. The number of hydrogen-bond acceptors (Lipinski definition) is 13. The minimum absolute atomic E-state index is 0.0323. The summed E-state index contributed by atoms with van der Waals surface area (Å²) < 4.78 is 36.7. The number of rotatable bonds is 10. The lowest BCUT2D eigenvalue weighted by Crippen LogP contribution is -2.17. The molecule has 0 aliphatic carbocycles. The van der Waals surface area contributed by atoms with Gasteiger partial charge in [-0.25, -0.2) is 19.2 Å². The van der Waals surface area contributed by atoms with Crippen molar-refractivity contribution in [2.75, 3.05) is 40.6 Å². The molecule has 3 heterocycles. The monoisotopic (exact) mass is 620 g/mol. The average molecular weight is 621 g/mol. The van der Waals surface area contributed by atoms with Crippen LogP contribution in [0.1, 0.15) is 69.1 Å². The van der Waals surface area contributed by atoms with Crippen molar-refractivity contribution < 1.29 is 52.3 Å². The molecule has 0 unspecified atom stereocenters. The van der Waals surface area contributed by atoms with E-state index in [4.69, 9.17) is 33.2 Å². The molecule has 1 aliphatic heterocycles. The van der Waals surface area contributed by atoms with Gasteiger partial charge in [0.25, 0.3) is 0 Å². The van der Waals surface area contributed by atoms with Crippen LogP contribution >= 0.6 is 0 Å². The van der Waals surface area contributed by atoms with Gasteiger partial charge in [0.05, 0.1) is 40.6 Å². The first-order chi connectivity index (χ1) is 21.8. The Balaban J connectivity index is 0.000000206. The Labute approximate surface area is 258 Å². The maximum absolute atomic E-state index is 12.4. The Bertz CT molecular complexity index is 1660. The van der Waals surface area contributed by atoms with E-state index in [2.05, 4.69) is 9.97 Å². The molecule has 2 aromatic heterocycles. The maximum Gasteiger partial charge on any atom is 0.350 e. The molecule has 236 valence electrons. The van der Waals surface area contributed by atoms with Crippen molar-refractivity contribution in [2.45, 2.75) is 27.7 Å². The van der Waals surface area contributed by atoms with E-state index in [1.165, 1.54) is 14.2 Å². The molecule has 45 heavy (non-hydrogen) atoms. The van der Waals surface area contributed by atoms with Gasteiger partial charge in [-0.15, -0.1) is 0 Å². The quantitative estimate of drug-likeness (QED) is 0.133. The molecule has 0 bridgehead atoms. The van der Waals surface area contributed by atoms with Crippen LogP contribution in [0.15, 0.2) is 36.7 Å². The van der Waals surface area contributed by atoms with E-state index < -0.39 is 23.9 Å². The number of aromatic nitrogens is 2. The normalized spacial score (nSPS) is 11.7. The summed E-state index contributed by atoms with van der Waals surface area (Å²) in [6, 6.07) is 6.95. The summed E-state index contributed by atoms with van der Waals surface area (Å²) in [6.07, 6.45) is 3.16. The van der Waals surface area contributed by atoms with Gasteiger partial charge in [-0.1, -0.05) is 0 Å². The number of nitrogens with zero attached hydrogens (tertiary/aromatic N) is 2. The Morgan fingerprint density at radius 1 is 0.622 bits per heavy atom. The lowest BCUT2D eigenvalue weighted by atomic mass is 10.00. The predicted molar refractivity (Wildman–Crippen MR) is 161 cm³/mol. The third-order valence-corrected chi connectivity index (χ3v) is 6.47. The third-order valence-electron chi connectivity index (χ3n) is 6.47. The van der Waals surface area contributed by atoms with Gasteiger partial charge in [-0.05, 0) is 52.0 Å². The van der Waals surface area contributed by atoms with Crippen LogP contribution in [0.5, 0.6) is 23.0 Å². The Morgan fingerprint density at radius 2 is 1.02 bits per heavy atom. The number of cyclic esters (lactones) is 2. The van der Waals surface area contributed by atoms with Gasteiger partial charge in [0.15, 0.2) is 11.5 Å². The minimum Gasteiger partial charge on any atom is -0.492 e. The van der Waals surface area contributed by atoms with Crippen molar-refractivity contribution in [2.24, 2.45) is 0 Å². The maximum atomic E-state index is 12.4. The van der Waals surface area contributed by atoms with Crippen molar-refractivity contribution in [1.29, 1.82) is 0 Å². The number of methoxy groups -OCH3 is 2. The zero-order valence-corrected chi connectivity index (χ0v) is 25.7.